The van der Waals surface area contributed by atoms with Crippen molar-refractivity contribution in [1.82, 2.24) is 44.1 Å². The van der Waals surface area contributed by atoms with E-state index in [9.17, 15) is 23.2 Å². The summed E-state index contributed by atoms with van der Waals surface area (Å²) in [4.78, 5) is 25.8. The molecule has 0 spiro atoms. The van der Waals surface area contributed by atoms with E-state index in [0.717, 1.165) is 11.0 Å². The van der Waals surface area contributed by atoms with Crippen LogP contribution in [0, 0.1) is 11.3 Å². The van der Waals surface area contributed by atoms with Gasteiger partial charge in [-0.05, 0) is 6.07 Å². The number of alkyl halides is 3. The normalized spacial score (nSPS) is 11.5. The van der Waals surface area contributed by atoms with E-state index in [0.29, 0.717) is 10.3 Å². The molecule has 0 aliphatic rings. The van der Waals surface area contributed by atoms with Crippen molar-refractivity contribution in [2.24, 2.45) is 0 Å². The number of imidazole rings is 1. The van der Waals surface area contributed by atoms with E-state index in [2.05, 4.69) is 35.6 Å². The Hall–Kier alpha value is -5.13. The Morgan fingerprint density at radius 1 is 1.03 bits per heavy atom. The lowest BCUT2D eigenvalue weighted by Gasteiger charge is -2.13. The standard InChI is InChI=1S/C19H10F3N11O/c20-19(21,22)16-13(8-29-32(16)15-10-24-9-14-25-3-4-31(14)15)18(34)30-12-5-11(6-23)17(26-7-12)33-27-1-2-28-33/h1-5,7-10H,(H,30,34). The summed E-state index contributed by atoms with van der Waals surface area (Å²) in [6.07, 6.45) is 5.19. The summed E-state index contributed by atoms with van der Waals surface area (Å²) in [7, 11) is 0. The monoisotopic (exact) mass is 465 g/mol. The van der Waals surface area contributed by atoms with E-state index >= 15 is 0 Å². The molecule has 34 heavy (non-hydrogen) atoms. The van der Waals surface area contributed by atoms with E-state index in [1.165, 1.54) is 53.8 Å². The minimum Gasteiger partial charge on any atom is -0.320 e. The predicted octanol–water partition coefficient (Wildman–Crippen LogP) is 2.03. The smallest absolute Gasteiger partial charge is 0.320 e. The fourth-order valence-electron chi connectivity index (χ4n) is 3.25. The number of aromatic nitrogens is 9. The van der Waals surface area contributed by atoms with Gasteiger partial charge in [-0.3, -0.25) is 14.2 Å². The van der Waals surface area contributed by atoms with Crippen LogP contribution in [0.5, 0.6) is 0 Å². The van der Waals surface area contributed by atoms with Crippen LogP contribution in [0.1, 0.15) is 21.6 Å². The highest BCUT2D eigenvalue weighted by atomic mass is 19.4. The van der Waals surface area contributed by atoms with Crippen molar-refractivity contribution < 1.29 is 18.0 Å². The molecule has 12 nitrogen and oxygen atoms in total. The lowest BCUT2D eigenvalue weighted by molar-refractivity contribution is -0.143. The van der Waals surface area contributed by atoms with Gasteiger partial charge in [0, 0.05) is 12.4 Å². The van der Waals surface area contributed by atoms with E-state index in [4.69, 9.17) is 0 Å². The molecule has 1 N–H and O–H groups in total. The van der Waals surface area contributed by atoms with Crippen molar-refractivity contribution in [2.75, 3.05) is 5.32 Å². The van der Waals surface area contributed by atoms with Crippen molar-refractivity contribution >= 4 is 17.2 Å². The first-order chi connectivity index (χ1) is 16.4. The Kier molecular flexibility index (Phi) is 4.75. The van der Waals surface area contributed by atoms with Gasteiger partial charge in [0.2, 0.25) is 0 Å². The van der Waals surface area contributed by atoms with Crippen molar-refractivity contribution in [3.63, 3.8) is 0 Å². The molecule has 0 bridgehead atoms. The van der Waals surface area contributed by atoms with E-state index in [1.54, 1.807) is 0 Å². The Balaban J connectivity index is 1.53. The third-order valence-electron chi connectivity index (χ3n) is 4.65. The van der Waals surface area contributed by atoms with Gasteiger partial charge in [-0.15, -0.1) is 4.80 Å². The minimum absolute atomic E-state index is 0.00130. The molecule has 5 heterocycles. The SMILES string of the molecule is N#Cc1cc(NC(=O)c2cnn(-c3cncc4nccn34)c2C(F)(F)F)cnc1-n1nccn1. The number of amides is 1. The molecule has 0 fully saturated rings. The van der Waals surface area contributed by atoms with Gasteiger partial charge < -0.3 is 5.32 Å². The van der Waals surface area contributed by atoms with Crippen molar-refractivity contribution in [1.29, 1.82) is 5.26 Å². The molecule has 1 amide bonds. The summed E-state index contributed by atoms with van der Waals surface area (Å²) in [6, 6.07) is 3.13. The van der Waals surface area contributed by atoms with Crippen molar-refractivity contribution in [3.05, 3.63) is 72.5 Å². The fourth-order valence-corrected chi connectivity index (χ4v) is 3.25. The number of pyridine rings is 1. The van der Waals surface area contributed by atoms with Gasteiger partial charge in [-0.1, -0.05) is 0 Å². The Morgan fingerprint density at radius 3 is 2.56 bits per heavy atom. The predicted molar refractivity (Wildman–Crippen MR) is 107 cm³/mol. The lowest BCUT2D eigenvalue weighted by atomic mass is 10.2. The summed E-state index contributed by atoms with van der Waals surface area (Å²) in [5.41, 5.74) is -1.75. The van der Waals surface area contributed by atoms with Crippen LogP contribution in [0.25, 0.3) is 17.3 Å². The number of carbonyl (C=O) groups excluding carboxylic acids is 1. The van der Waals surface area contributed by atoms with E-state index < -0.39 is 23.3 Å². The van der Waals surface area contributed by atoms with Crippen LogP contribution in [0.15, 0.2) is 55.6 Å². The zero-order chi connectivity index (χ0) is 23.9. The molecule has 15 heteroatoms. The molecule has 0 aromatic carbocycles. The molecular formula is C19H10F3N11O. The molecule has 0 saturated carbocycles. The molecule has 0 saturated heterocycles. The molecule has 0 aliphatic heterocycles. The topological polar surface area (TPSA) is 144 Å². The highest BCUT2D eigenvalue weighted by Crippen LogP contribution is 2.34. The summed E-state index contributed by atoms with van der Waals surface area (Å²) < 4.78 is 44.0. The molecule has 0 atom stereocenters. The quantitative estimate of drug-likeness (QED) is 0.425. The molecule has 0 unspecified atom stereocenters. The van der Waals surface area contributed by atoms with Gasteiger partial charge in [0.15, 0.2) is 23.0 Å². The average molecular weight is 465 g/mol. The maximum Gasteiger partial charge on any atom is 0.434 e. The summed E-state index contributed by atoms with van der Waals surface area (Å²) in [5.74, 6) is -1.07. The van der Waals surface area contributed by atoms with Gasteiger partial charge in [0.05, 0.1) is 48.4 Å². The largest absolute Gasteiger partial charge is 0.434 e. The Labute approximate surface area is 186 Å². The molecule has 5 aromatic rings. The molecule has 168 valence electrons. The van der Waals surface area contributed by atoms with Crippen LogP contribution in [0.2, 0.25) is 0 Å². The summed E-state index contributed by atoms with van der Waals surface area (Å²) in [5, 5.41) is 23.3. The Morgan fingerprint density at radius 2 is 1.82 bits per heavy atom. The maximum absolute atomic E-state index is 14.0. The third kappa shape index (κ3) is 3.48. The summed E-state index contributed by atoms with van der Waals surface area (Å²) >= 11 is 0. The average Bonchev–Trinajstić information content (AvgIpc) is 3.58. The number of hydrogen-bond donors (Lipinski definition) is 1. The second-order valence-corrected chi connectivity index (χ2v) is 6.72. The van der Waals surface area contributed by atoms with Crippen LogP contribution in [0.3, 0.4) is 0 Å². The number of hydrogen-bond acceptors (Lipinski definition) is 8. The highest BCUT2D eigenvalue weighted by molar-refractivity contribution is 6.05. The molecule has 5 rings (SSSR count). The maximum atomic E-state index is 14.0. The second-order valence-electron chi connectivity index (χ2n) is 6.72. The van der Waals surface area contributed by atoms with Crippen LogP contribution in [-0.2, 0) is 6.18 Å². The molecule has 0 radical (unpaired) electrons. The van der Waals surface area contributed by atoms with E-state index in [-0.39, 0.29) is 22.9 Å². The number of fused-ring (bicyclic) bond motifs is 1. The van der Waals surface area contributed by atoms with Gasteiger partial charge >= 0.3 is 6.18 Å². The van der Waals surface area contributed by atoms with E-state index in [1.807, 2.05) is 6.07 Å². The number of nitriles is 1. The fraction of sp³-hybridized carbons (Fsp3) is 0.0526. The highest BCUT2D eigenvalue weighted by Gasteiger charge is 2.41. The van der Waals surface area contributed by atoms with Crippen LogP contribution >= 0.6 is 0 Å². The molecular weight excluding hydrogens is 455 g/mol. The van der Waals surface area contributed by atoms with Crippen LogP contribution in [0.4, 0.5) is 18.9 Å². The number of carbonyl (C=O) groups is 1. The van der Waals surface area contributed by atoms with Gasteiger partial charge in [-0.2, -0.15) is 33.7 Å². The summed E-state index contributed by atoms with van der Waals surface area (Å²) in [6.45, 7) is 0. The van der Waals surface area contributed by atoms with Gasteiger partial charge in [0.1, 0.15) is 11.6 Å². The zero-order valence-corrected chi connectivity index (χ0v) is 16.7. The van der Waals surface area contributed by atoms with Crippen molar-refractivity contribution in [3.8, 4) is 17.7 Å². The zero-order valence-electron chi connectivity index (χ0n) is 16.7. The minimum atomic E-state index is -4.93. The number of halogens is 3. The first-order valence-corrected chi connectivity index (χ1v) is 9.37. The first kappa shape index (κ1) is 20.8. The van der Waals surface area contributed by atoms with Crippen molar-refractivity contribution in [2.45, 2.75) is 6.18 Å². The van der Waals surface area contributed by atoms with Crippen LogP contribution in [-0.4, -0.2) is 50.0 Å². The van der Waals surface area contributed by atoms with Gasteiger partial charge in [0.25, 0.3) is 5.91 Å². The number of rotatable bonds is 4. The molecule has 0 aliphatic carbocycles. The van der Waals surface area contributed by atoms with Crippen LogP contribution < -0.4 is 5.32 Å². The number of anilines is 1. The Bertz CT molecular complexity index is 1560. The van der Waals surface area contributed by atoms with Gasteiger partial charge in [-0.25, -0.2) is 14.6 Å². The first-order valence-electron chi connectivity index (χ1n) is 9.37. The third-order valence-corrected chi connectivity index (χ3v) is 4.65. The lowest BCUT2D eigenvalue weighted by Crippen LogP contribution is -2.21. The number of nitrogens with zero attached hydrogens (tertiary/aromatic N) is 10. The number of nitrogens with one attached hydrogen (secondary N) is 1. The molecule has 5 aromatic heterocycles. The second kappa shape index (κ2) is 7.78.